The number of hydrogen-bond donors (Lipinski definition) is 4. The molecule has 0 aromatic carbocycles. The van der Waals surface area contributed by atoms with Crippen LogP contribution in [-0.4, -0.2) is 46.6 Å². The zero-order valence-electron chi connectivity index (χ0n) is 15.5. The molecule has 1 amide bonds. The van der Waals surface area contributed by atoms with Crippen molar-refractivity contribution < 1.29 is 20.1 Å². The molecule has 0 aliphatic carbocycles. The summed E-state index contributed by atoms with van der Waals surface area (Å²) in [5.74, 6) is 0. The predicted octanol–water partition coefficient (Wildman–Crippen LogP) is 2.91. The second-order valence-corrected chi connectivity index (χ2v) is 6.81. The largest absolute Gasteiger partial charge is 0.394 e. The zero-order chi connectivity index (χ0) is 18.0. The van der Waals surface area contributed by atoms with E-state index in [-0.39, 0.29) is 6.61 Å². The molecular formula is C19H39NO4. The van der Waals surface area contributed by atoms with Crippen LogP contribution in [0.3, 0.4) is 0 Å². The van der Waals surface area contributed by atoms with Gasteiger partial charge in [-0.2, -0.15) is 0 Å². The maximum absolute atomic E-state index is 10.4. The molecule has 4 N–H and O–H groups in total. The average molecular weight is 346 g/mol. The van der Waals surface area contributed by atoms with Crippen LogP contribution in [0, 0.1) is 0 Å². The number of carbonyl (C=O) groups excluding carboxylic acids is 1. The van der Waals surface area contributed by atoms with E-state index >= 15 is 0 Å². The van der Waals surface area contributed by atoms with Gasteiger partial charge in [-0.15, -0.1) is 0 Å². The third-order valence-corrected chi connectivity index (χ3v) is 4.64. The average Bonchev–Trinajstić information content (AvgIpc) is 2.59. The molecular weight excluding hydrogens is 306 g/mol. The van der Waals surface area contributed by atoms with Crippen molar-refractivity contribution in [2.24, 2.45) is 0 Å². The monoisotopic (exact) mass is 345 g/mol. The van der Waals surface area contributed by atoms with Crippen molar-refractivity contribution in [2.75, 3.05) is 6.61 Å². The fourth-order valence-corrected chi connectivity index (χ4v) is 2.98. The van der Waals surface area contributed by atoms with E-state index in [2.05, 4.69) is 12.2 Å². The van der Waals surface area contributed by atoms with Crippen molar-refractivity contribution in [3.8, 4) is 0 Å². The van der Waals surface area contributed by atoms with E-state index in [9.17, 15) is 15.0 Å². The highest BCUT2D eigenvalue weighted by Crippen LogP contribution is 2.14. The Bertz CT molecular complexity index is 276. The molecule has 0 saturated carbocycles. The Balaban J connectivity index is 3.44. The summed E-state index contributed by atoms with van der Waals surface area (Å²) in [5.41, 5.74) is 0. The molecule has 0 spiro atoms. The van der Waals surface area contributed by atoms with Crippen molar-refractivity contribution in [3.63, 3.8) is 0 Å². The molecule has 0 heterocycles. The molecule has 144 valence electrons. The topological polar surface area (TPSA) is 89.8 Å². The summed E-state index contributed by atoms with van der Waals surface area (Å²) < 4.78 is 0. The first kappa shape index (κ1) is 23.4. The molecule has 0 aromatic rings. The maximum Gasteiger partial charge on any atom is 0.207 e. The maximum atomic E-state index is 10.4. The van der Waals surface area contributed by atoms with Crippen LogP contribution in [0.4, 0.5) is 0 Å². The number of nitrogens with one attached hydrogen (secondary N) is 1. The second-order valence-electron chi connectivity index (χ2n) is 6.81. The smallest absolute Gasteiger partial charge is 0.207 e. The van der Waals surface area contributed by atoms with Gasteiger partial charge in [-0.05, 0) is 6.42 Å². The molecule has 0 rings (SSSR count). The van der Waals surface area contributed by atoms with E-state index < -0.39 is 18.2 Å². The summed E-state index contributed by atoms with van der Waals surface area (Å²) in [6.45, 7) is 1.86. The van der Waals surface area contributed by atoms with Gasteiger partial charge in [0.1, 0.15) is 6.10 Å². The lowest BCUT2D eigenvalue weighted by molar-refractivity contribution is -0.112. The number of hydrogen-bond acceptors (Lipinski definition) is 4. The first-order valence-electron chi connectivity index (χ1n) is 9.84. The number of aliphatic hydroxyl groups is 3. The van der Waals surface area contributed by atoms with Crippen LogP contribution < -0.4 is 5.32 Å². The molecule has 0 saturated heterocycles. The Morgan fingerprint density at radius 3 is 1.71 bits per heavy atom. The van der Waals surface area contributed by atoms with E-state index in [1.165, 1.54) is 57.8 Å². The van der Waals surface area contributed by atoms with Gasteiger partial charge in [0.05, 0.1) is 18.8 Å². The first-order valence-corrected chi connectivity index (χ1v) is 9.84. The molecule has 0 fully saturated rings. The molecule has 0 aromatic heterocycles. The minimum atomic E-state index is -1.12. The van der Waals surface area contributed by atoms with Crippen LogP contribution in [0.1, 0.15) is 90.4 Å². The Labute approximate surface area is 147 Å². The lowest BCUT2D eigenvalue weighted by Gasteiger charge is -2.24. The molecule has 0 aliphatic rings. The Kier molecular flexibility index (Phi) is 16.7. The van der Waals surface area contributed by atoms with Crippen molar-refractivity contribution in [2.45, 2.75) is 109 Å². The molecule has 0 bridgehead atoms. The standard InChI is InChI=1S/C19H39NO4/c1-2-3-4-5-6-7-8-9-10-11-12-13-14-18(23)19(24)17(15-21)20-16-22/h16-19,21,23-24H,2-15H2,1H3,(H,20,22). The molecule has 24 heavy (non-hydrogen) atoms. The highest BCUT2D eigenvalue weighted by molar-refractivity contribution is 5.46. The summed E-state index contributed by atoms with van der Waals surface area (Å²) in [5, 5.41) is 31.1. The summed E-state index contributed by atoms with van der Waals surface area (Å²) in [6, 6.07) is -0.796. The zero-order valence-corrected chi connectivity index (χ0v) is 15.5. The highest BCUT2D eigenvalue weighted by atomic mass is 16.3. The predicted molar refractivity (Wildman–Crippen MR) is 97.8 cm³/mol. The van der Waals surface area contributed by atoms with Gasteiger partial charge < -0.3 is 20.6 Å². The second kappa shape index (κ2) is 17.2. The van der Waals surface area contributed by atoms with E-state index in [4.69, 9.17) is 5.11 Å². The number of amides is 1. The van der Waals surface area contributed by atoms with Crippen molar-refractivity contribution in [1.82, 2.24) is 5.32 Å². The summed E-state index contributed by atoms with van der Waals surface area (Å²) in [7, 11) is 0. The normalized spacial score (nSPS) is 15.0. The minimum absolute atomic E-state index is 0.380. The van der Waals surface area contributed by atoms with Gasteiger partial charge in [0.15, 0.2) is 0 Å². The lowest BCUT2D eigenvalue weighted by Crippen LogP contribution is -2.48. The van der Waals surface area contributed by atoms with Gasteiger partial charge in [-0.1, -0.05) is 84.0 Å². The Morgan fingerprint density at radius 2 is 1.29 bits per heavy atom. The van der Waals surface area contributed by atoms with Crippen LogP contribution in [0.2, 0.25) is 0 Å². The third kappa shape index (κ3) is 12.7. The molecule has 0 aliphatic heterocycles. The number of aliphatic hydroxyl groups excluding tert-OH is 3. The van der Waals surface area contributed by atoms with Crippen LogP contribution in [0.5, 0.6) is 0 Å². The minimum Gasteiger partial charge on any atom is -0.394 e. The fourth-order valence-electron chi connectivity index (χ4n) is 2.98. The highest BCUT2D eigenvalue weighted by Gasteiger charge is 2.24. The van der Waals surface area contributed by atoms with E-state index in [1.807, 2.05) is 0 Å². The Hall–Kier alpha value is -0.650. The van der Waals surface area contributed by atoms with Crippen molar-refractivity contribution >= 4 is 6.41 Å². The van der Waals surface area contributed by atoms with Crippen LogP contribution in [0.25, 0.3) is 0 Å². The van der Waals surface area contributed by atoms with Crippen LogP contribution >= 0.6 is 0 Å². The number of rotatable bonds is 18. The summed E-state index contributed by atoms with van der Waals surface area (Å²) >= 11 is 0. The quantitative estimate of drug-likeness (QED) is 0.227. The van der Waals surface area contributed by atoms with Gasteiger partial charge >= 0.3 is 0 Å². The van der Waals surface area contributed by atoms with Crippen LogP contribution in [0.15, 0.2) is 0 Å². The van der Waals surface area contributed by atoms with E-state index in [1.54, 1.807) is 0 Å². The van der Waals surface area contributed by atoms with Crippen LogP contribution in [-0.2, 0) is 4.79 Å². The molecule has 5 nitrogen and oxygen atoms in total. The lowest BCUT2D eigenvalue weighted by atomic mass is 9.99. The molecule has 3 unspecified atom stereocenters. The van der Waals surface area contributed by atoms with Gasteiger partial charge in [0, 0.05) is 0 Å². The van der Waals surface area contributed by atoms with Crippen molar-refractivity contribution in [3.05, 3.63) is 0 Å². The van der Waals surface area contributed by atoms with Gasteiger partial charge in [-0.25, -0.2) is 0 Å². The number of carbonyl (C=O) groups is 1. The summed E-state index contributed by atoms with van der Waals surface area (Å²) in [4.78, 5) is 10.4. The Morgan fingerprint density at radius 1 is 0.833 bits per heavy atom. The van der Waals surface area contributed by atoms with Gasteiger partial charge in [0.25, 0.3) is 0 Å². The van der Waals surface area contributed by atoms with Crippen molar-refractivity contribution in [1.29, 1.82) is 0 Å². The van der Waals surface area contributed by atoms with E-state index in [0.29, 0.717) is 12.8 Å². The molecule has 3 atom stereocenters. The number of unbranched alkanes of at least 4 members (excludes halogenated alkanes) is 11. The SMILES string of the molecule is CCCCCCCCCCCCCCC(O)C(O)C(CO)NC=O. The first-order chi connectivity index (χ1) is 11.7. The van der Waals surface area contributed by atoms with Gasteiger partial charge in [-0.3, -0.25) is 4.79 Å². The molecule has 5 heteroatoms. The summed E-state index contributed by atoms with van der Waals surface area (Å²) in [6.07, 6.45) is 14.0. The van der Waals surface area contributed by atoms with Gasteiger partial charge in [0.2, 0.25) is 6.41 Å². The molecule has 0 radical (unpaired) electrons. The van der Waals surface area contributed by atoms with E-state index in [0.717, 1.165) is 19.3 Å². The fraction of sp³-hybridized carbons (Fsp3) is 0.947. The third-order valence-electron chi connectivity index (χ3n) is 4.64.